The van der Waals surface area contributed by atoms with Crippen LogP contribution >= 0.6 is 23.2 Å². The van der Waals surface area contributed by atoms with Gasteiger partial charge in [-0.2, -0.15) is 0 Å². The van der Waals surface area contributed by atoms with Crippen LogP contribution in [0.3, 0.4) is 0 Å². The Labute approximate surface area is 325 Å². The van der Waals surface area contributed by atoms with Crippen molar-refractivity contribution in [1.29, 1.82) is 0 Å². The molecule has 280 valence electrons. The monoisotopic (exact) mass is 766 g/mol. The largest absolute Gasteiger partial charge is 0.385 e. The number of amides is 2. The molecule has 2 aliphatic heterocycles. The minimum atomic E-state index is -1.30. The number of hydrogen-bond acceptors (Lipinski definition) is 6. The molecule has 0 bridgehead atoms. The maximum absolute atomic E-state index is 13.8. The molecule has 0 saturated carbocycles. The normalized spacial score (nSPS) is 26.1. The Hall–Kier alpha value is -4.34. The predicted octanol–water partition coefficient (Wildman–Crippen LogP) is 8.18. The first kappa shape index (κ1) is 38.0. The number of fused-ring (bicyclic) bond motifs is 2. The molecule has 2 heterocycles. The fourth-order valence-corrected chi connectivity index (χ4v) is 9.92. The van der Waals surface area contributed by atoms with E-state index in [4.69, 9.17) is 23.2 Å². The highest BCUT2D eigenvalue weighted by Gasteiger charge is 2.71. The number of carbonyl (C=O) groups excluding carboxylic acids is 4. The van der Waals surface area contributed by atoms with Crippen molar-refractivity contribution < 1.29 is 29.4 Å². The summed E-state index contributed by atoms with van der Waals surface area (Å²) in [7, 11) is 0. The van der Waals surface area contributed by atoms with E-state index in [-0.39, 0.29) is 23.4 Å². The van der Waals surface area contributed by atoms with Gasteiger partial charge in [0.25, 0.3) is 0 Å². The van der Waals surface area contributed by atoms with Gasteiger partial charge >= 0.3 is 0 Å². The number of carbonyl (C=O) groups is 4. The summed E-state index contributed by atoms with van der Waals surface area (Å²) in [5, 5.41) is 23.7. The number of benzene rings is 4. The standard InChI is InChI=1S/2C22H22ClNO3/c2*1-3-21(4-2)19(26)22(13-14-7-5-6-8-17(14)18(22)25)24(20(21)27)16-11-9-15(23)10-12-16/h2*5-12,18,25H,3-4,13H2,1-2H3/t2*18-,22+/m10/s1. The Morgan fingerprint density at radius 3 is 1.15 bits per heavy atom. The average molecular weight is 768 g/mol. The van der Waals surface area contributed by atoms with E-state index in [2.05, 4.69) is 0 Å². The van der Waals surface area contributed by atoms with Gasteiger partial charge in [-0.15, -0.1) is 0 Å². The van der Waals surface area contributed by atoms with E-state index >= 15 is 0 Å². The third kappa shape index (κ3) is 5.03. The van der Waals surface area contributed by atoms with E-state index < -0.39 is 34.1 Å². The van der Waals surface area contributed by atoms with Crippen LogP contribution in [-0.2, 0) is 32.0 Å². The zero-order chi connectivity index (χ0) is 38.8. The molecule has 2 amide bonds. The molecule has 8 rings (SSSR count). The summed E-state index contributed by atoms with van der Waals surface area (Å²) in [5.74, 6) is -0.814. The minimum absolute atomic E-state index is 0.177. The summed E-state index contributed by atoms with van der Waals surface area (Å²) in [5.41, 5.74) is -0.378. The topological polar surface area (TPSA) is 115 Å². The van der Waals surface area contributed by atoms with Crippen LogP contribution in [0.1, 0.15) is 87.8 Å². The lowest BCUT2D eigenvalue weighted by atomic mass is 9.73. The van der Waals surface area contributed by atoms with Crippen LogP contribution in [0, 0.1) is 10.8 Å². The number of nitrogens with zero attached hydrogens (tertiary/aromatic N) is 2. The van der Waals surface area contributed by atoms with Crippen molar-refractivity contribution >= 4 is 58.0 Å². The van der Waals surface area contributed by atoms with Crippen LogP contribution in [0.5, 0.6) is 0 Å². The third-order valence-corrected chi connectivity index (χ3v) is 13.3. The number of ketones is 2. The lowest BCUT2D eigenvalue weighted by molar-refractivity contribution is -0.139. The summed E-state index contributed by atoms with van der Waals surface area (Å²) in [6, 6.07) is 28.8. The van der Waals surface area contributed by atoms with E-state index in [0.29, 0.717) is 59.9 Å². The van der Waals surface area contributed by atoms with Crippen LogP contribution in [0.4, 0.5) is 11.4 Å². The Morgan fingerprint density at radius 1 is 0.537 bits per heavy atom. The van der Waals surface area contributed by atoms with Crippen molar-refractivity contribution in [1.82, 2.24) is 0 Å². The Kier molecular flexibility index (Phi) is 9.66. The van der Waals surface area contributed by atoms with Crippen LogP contribution in [0.25, 0.3) is 0 Å². The summed E-state index contributed by atoms with van der Waals surface area (Å²) in [6.45, 7) is 7.47. The minimum Gasteiger partial charge on any atom is -0.385 e. The molecule has 4 aliphatic rings. The quantitative estimate of drug-likeness (QED) is 0.191. The van der Waals surface area contributed by atoms with Crippen LogP contribution < -0.4 is 9.80 Å². The molecule has 4 atom stereocenters. The van der Waals surface area contributed by atoms with E-state index in [1.54, 1.807) is 58.3 Å². The molecule has 2 fully saturated rings. The number of halogens is 2. The van der Waals surface area contributed by atoms with Crippen molar-refractivity contribution in [3.63, 3.8) is 0 Å². The molecule has 10 heteroatoms. The number of hydrogen-bond donors (Lipinski definition) is 2. The first-order chi connectivity index (χ1) is 25.8. The Morgan fingerprint density at radius 2 is 0.852 bits per heavy atom. The summed E-state index contributed by atoms with van der Waals surface area (Å²) >= 11 is 12.1. The molecule has 54 heavy (non-hydrogen) atoms. The third-order valence-electron chi connectivity index (χ3n) is 12.8. The van der Waals surface area contributed by atoms with Gasteiger partial charge in [-0.25, -0.2) is 0 Å². The summed E-state index contributed by atoms with van der Waals surface area (Å²) < 4.78 is 0. The molecular formula is C44H44Cl2N2O6. The second-order valence-electron chi connectivity index (χ2n) is 14.9. The summed E-state index contributed by atoms with van der Waals surface area (Å²) in [4.78, 5) is 57.9. The van der Waals surface area contributed by atoms with Gasteiger partial charge in [0.15, 0.2) is 11.6 Å². The second kappa shape index (κ2) is 13.7. The number of aliphatic hydroxyl groups excluding tert-OH is 2. The van der Waals surface area contributed by atoms with Crippen molar-refractivity contribution in [3.8, 4) is 0 Å². The summed E-state index contributed by atoms with van der Waals surface area (Å²) in [6.07, 6.45) is 0.179. The molecule has 4 aromatic rings. The molecular weight excluding hydrogens is 723 g/mol. The van der Waals surface area contributed by atoms with E-state index in [0.717, 1.165) is 22.3 Å². The van der Waals surface area contributed by atoms with Crippen LogP contribution in [0.2, 0.25) is 10.0 Å². The lowest BCUT2D eigenvalue weighted by Crippen LogP contribution is -2.53. The molecule has 0 radical (unpaired) electrons. The molecule has 2 spiro atoms. The molecule has 0 aromatic heterocycles. The van der Waals surface area contributed by atoms with Crippen LogP contribution in [0.15, 0.2) is 97.1 Å². The fraction of sp³-hybridized carbons (Fsp3) is 0.364. The molecule has 8 nitrogen and oxygen atoms in total. The highest BCUT2D eigenvalue weighted by Crippen LogP contribution is 2.57. The van der Waals surface area contributed by atoms with Crippen molar-refractivity contribution in [2.75, 3.05) is 9.80 Å². The smallest absolute Gasteiger partial charge is 0.241 e. The lowest BCUT2D eigenvalue weighted by Gasteiger charge is -2.36. The first-order valence-corrected chi connectivity index (χ1v) is 19.4. The fourth-order valence-electron chi connectivity index (χ4n) is 9.66. The highest BCUT2D eigenvalue weighted by molar-refractivity contribution is 6.31. The average Bonchev–Trinajstić information content (AvgIpc) is 3.78. The zero-order valence-corrected chi connectivity index (χ0v) is 32.3. The van der Waals surface area contributed by atoms with Gasteiger partial charge in [0.2, 0.25) is 11.8 Å². The number of rotatable bonds is 6. The predicted molar refractivity (Wildman–Crippen MR) is 210 cm³/mol. The molecule has 2 aliphatic carbocycles. The molecule has 4 aromatic carbocycles. The number of Topliss-reactive ketones (excluding diaryl/α,β-unsaturated/α-hetero) is 2. The molecule has 2 N–H and O–H groups in total. The second-order valence-corrected chi connectivity index (χ2v) is 15.7. The van der Waals surface area contributed by atoms with Gasteiger partial charge in [-0.05, 0) is 96.5 Å². The van der Waals surface area contributed by atoms with Crippen molar-refractivity contribution in [3.05, 3.63) is 129 Å². The van der Waals surface area contributed by atoms with Gasteiger partial charge < -0.3 is 10.2 Å². The van der Waals surface area contributed by atoms with Crippen molar-refractivity contribution in [2.24, 2.45) is 10.8 Å². The Balaban J connectivity index is 0.000000167. The maximum atomic E-state index is 13.8. The zero-order valence-electron chi connectivity index (χ0n) is 30.8. The van der Waals surface area contributed by atoms with Crippen LogP contribution in [-0.4, -0.2) is 44.7 Å². The van der Waals surface area contributed by atoms with E-state index in [1.807, 2.05) is 76.2 Å². The van der Waals surface area contributed by atoms with E-state index in [9.17, 15) is 29.4 Å². The number of aliphatic hydroxyl groups is 2. The van der Waals surface area contributed by atoms with Crippen molar-refractivity contribution in [2.45, 2.75) is 89.5 Å². The van der Waals surface area contributed by atoms with Gasteiger partial charge in [0, 0.05) is 34.3 Å². The Bertz CT molecular complexity index is 1990. The van der Waals surface area contributed by atoms with E-state index in [1.165, 1.54) is 0 Å². The molecule has 2 saturated heterocycles. The number of anilines is 2. The first-order valence-electron chi connectivity index (χ1n) is 18.7. The van der Waals surface area contributed by atoms with Gasteiger partial charge in [0.1, 0.15) is 34.1 Å². The van der Waals surface area contributed by atoms with Gasteiger partial charge in [-0.1, -0.05) is 99.4 Å². The maximum Gasteiger partial charge on any atom is 0.241 e. The van der Waals surface area contributed by atoms with Gasteiger partial charge in [-0.3, -0.25) is 29.0 Å². The SMILES string of the molecule is CCC1(CC)C(=O)N(c2ccc(Cl)cc2)[C@@]2(Cc3ccccc3[C@@H]2O)C1=O.CCC1(CC)C(=O)N(c2ccc(Cl)cc2)[C@]2(Cc3ccccc3[C@H]2O)C1=O. The highest BCUT2D eigenvalue weighted by atomic mass is 35.5. The van der Waals surface area contributed by atoms with Gasteiger partial charge in [0.05, 0.1) is 0 Å². The molecule has 0 unspecified atom stereocenters.